The van der Waals surface area contributed by atoms with Crippen molar-refractivity contribution in [2.24, 2.45) is 0 Å². The predicted octanol–water partition coefficient (Wildman–Crippen LogP) is 3.46. The molecule has 30 heavy (non-hydrogen) atoms. The van der Waals surface area contributed by atoms with E-state index in [9.17, 15) is 14.4 Å². The summed E-state index contributed by atoms with van der Waals surface area (Å²) in [5.74, 6) is -0.208. The highest BCUT2D eigenvalue weighted by molar-refractivity contribution is 7.14. The number of rotatable bonds is 8. The number of benzene rings is 1. The van der Waals surface area contributed by atoms with Crippen molar-refractivity contribution in [1.82, 2.24) is 14.8 Å². The van der Waals surface area contributed by atoms with Crippen molar-refractivity contribution in [3.8, 4) is 0 Å². The summed E-state index contributed by atoms with van der Waals surface area (Å²) in [6.07, 6.45) is 1.89. The molecule has 0 aliphatic carbocycles. The van der Waals surface area contributed by atoms with Gasteiger partial charge in [-0.15, -0.1) is 11.3 Å². The van der Waals surface area contributed by atoms with Crippen LogP contribution in [-0.4, -0.2) is 40.3 Å². The first-order chi connectivity index (χ1) is 14.4. The molecule has 158 valence electrons. The number of carbonyl (C=O) groups excluding carboxylic acids is 3. The van der Waals surface area contributed by atoms with Gasteiger partial charge in [0.1, 0.15) is 6.54 Å². The molecular weight excluding hydrogens is 400 g/mol. The molecule has 0 radical (unpaired) electrons. The van der Waals surface area contributed by atoms with Crippen LogP contribution in [0.25, 0.3) is 10.9 Å². The van der Waals surface area contributed by atoms with Gasteiger partial charge in [0.15, 0.2) is 0 Å². The van der Waals surface area contributed by atoms with Gasteiger partial charge in [0.05, 0.1) is 11.4 Å². The lowest BCUT2D eigenvalue weighted by molar-refractivity contribution is -0.131. The Morgan fingerprint density at radius 2 is 1.83 bits per heavy atom. The molecule has 2 aromatic heterocycles. The molecule has 0 aliphatic rings. The van der Waals surface area contributed by atoms with Gasteiger partial charge in [0.2, 0.25) is 11.8 Å². The highest BCUT2D eigenvalue weighted by Crippen LogP contribution is 2.23. The summed E-state index contributed by atoms with van der Waals surface area (Å²) in [6, 6.07) is 11.2. The SMILES string of the molecule is CCN(CC)C(=O)Cn1ccc2cc(NC(=O)c3ccc(CNC(C)=O)s3)ccc21. The lowest BCUT2D eigenvalue weighted by Gasteiger charge is -2.19. The average Bonchev–Trinajstić information content (AvgIpc) is 3.34. The van der Waals surface area contributed by atoms with Crippen molar-refractivity contribution in [2.45, 2.75) is 33.9 Å². The third-order valence-corrected chi connectivity index (χ3v) is 5.93. The second-order valence-corrected chi connectivity index (χ2v) is 8.08. The van der Waals surface area contributed by atoms with E-state index in [0.717, 1.165) is 15.8 Å². The summed E-state index contributed by atoms with van der Waals surface area (Å²) < 4.78 is 1.93. The second kappa shape index (κ2) is 9.58. The zero-order valence-electron chi connectivity index (χ0n) is 17.4. The van der Waals surface area contributed by atoms with Crippen LogP contribution in [0.2, 0.25) is 0 Å². The molecule has 1 aromatic carbocycles. The molecule has 3 amide bonds. The normalized spacial score (nSPS) is 10.8. The van der Waals surface area contributed by atoms with Gasteiger partial charge in [-0.3, -0.25) is 14.4 Å². The lowest BCUT2D eigenvalue weighted by Crippen LogP contribution is -2.33. The Bertz CT molecular complexity index is 1070. The molecular formula is C22H26N4O3S. The fraction of sp³-hybridized carbons (Fsp3) is 0.318. The molecule has 0 aliphatic heterocycles. The van der Waals surface area contributed by atoms with Gasteiger partial charge in [0.25, 0.3) is 5.91 Å². The van der Waals surface area contributed by atoms with E-state index in [4.69, 9.17) is 0 Å². The van der Waals surface area contributed by atoms with E-state index in [1.807, 2.05) is 59.8 Å². The molecule has 0 saturated heterocycles. The number of likely N-dealkylation sites (N-methyl/N-ethyl adjacent to an activating group) is 1. The summed E-state index contributed by atoms with van der Waals surface area (Å²) >= 11 is 1.35. The van der Waals surface area contributed by atoms with Crippen molar-refractivity contribution in [2.75, 3.05) is 18.4 Å². The molecule has 8 heteroatoms. The number of anilines is 1. The van der Waals surface area contributed by atoms with E-state index in [0.29, 0.717) is 36.7 Å². The maximum atomic E-state index is 12.5. The van der Waals surface area contributed by atoms with Crippen LogP contribution in [-0.2, 0) is 22.7 Å². The zero-order valence-corrected chi connectivity index (χ0v) is 18.2. The molecule has 0 unspecified atom stereocenters. The number of nitrogens with one attached hydrogen (secondary N) is 2. The molecule has 2 heterocycles. The Balaban J connectivity index is 1.68. The number of fused-ring (bicyclic) bond motifs is 1. The van der Waals surface area contributed by atoms with Crippen LogP contribution in [0, 0.1) is 0 Å². The predicted molar refractivity (Wildman–Crippen MR) is 120 cm³/mol. The monoisotopic (exact) mass is 426 g/mol. The van der Waals surface area contributed by atoms with E-state index in [1.165, 1.54) is 18.3 Å². The van der Waals surface area contributed by atoms with Gasteiger partial charge in [-0.25, -0.2) is 0 Å². The summed E-state index contributed by atoms with van der Waals surface area (Å²) in [5.41, 5.74) is 1.64. The second-order valence-electron chi connectivity index (χ2n) is 6.91. The average molecular weight is 427 g/mol. The van der Waals surface area contributed by atoms with Crippen molar-refractivity contribution >= 4 is 45.6 Å². The molecule has 2 N–H and O–H groups in total. The Morgan fingerprint density at radius 3 is 2.53 bits per heavy atom. The summed E-state index contributed by atoms with van der Waals surface area (Å²) in [6.45, 7) is 7.51. The van der Waals surface area contributed by atoms with E-state index < -0.39 is 0 Å². The van der Waals surface area contributed by atoms with Crippen LogP contribution in [0.4, 0.5) is 5.69 Å². The standard InChI is InChI=1S/C22H26N4O3S/c1-4-25(5-2)21(28)14-26-11-10-16-12-17(6-8-19(16)26)24-22(29)20-9-7-18(30-20)13-23-15(3)27/h6-12H,4-5,13-14H2,1-3H3,(H,23,27)(H,24,29). The number of thiophene rings is 1. The third kappa shape index (κ3) is 5.07. The molecule has 0 atom stereocenters. The van der Waals surface area contributed by atoms with Gasteiger partial charge in [-0.1, -0.05) is 0 Å². The zero-order chi connectivity index (χ0) is 21.7. The number of aromatic nitrogens is 1. The first kappa shape index (κ1) is 21.6. The largest absolute Gasteiger partial charge is 0.351 e. The van der Waals surface area contributed by atoms with Gasteiger partial charge in [-0.2, -0.15) is 0 Å². The molecule has 0 saturated carbocycles. The molecule has 0 bridgehead atoms. The smallest absolute Gasteiger partial charge is 0.265 e. The highest BCUT2D eigenvalue weighted by Gasteiger charge is 2.13. The summed E-state index contributed by atoms with van der Waals surface area (Å²) in [5, 5.41) is 6.60. The molecule has 0 spiro atoms. The van der Waals surface area contributed by atoms with Crippen molar-refractivity contribution in [3.05, 3.63) is 52.3 Å². The summed E-state index contributed by atoms with van der Waals surface area (Å²) in [4.78, 5) is 39.3. The molecule has 7 nitrogen and oxygen atoms in total. The van der Waals surface area contributed by atoms with Crippen LogP contribution in [0.1, 0.15) is 35.3 Å². The maximum absolute atomic E-state index is 12.5. The van der Waals surface area contributed by atoms with Crippen molar-refractivity contribution in [1.29, 1.82) is 0 Å². The Kier molecular flexibility index (Phi) is 6.89. The van der Waals surface area contributed by atoms with E-state index in [-0.39, 0.29) is 17.7 Å². The van der Waals surface area contributed by atoms with Crippen LogP contribution < -0.4 is 10.6 Å². The number of carbonyl (C=O) groups is 3. The number of hydrogen-bond acceptors (Lipinski definition) is 4. The third-order valence-electron chi connectivity index (χ3n) is 4.85. The number of nitrogens with zero attached hydrogens (tertiary/aromatic N) is 2. The Labute approximate surface area is 179 Å². The molecule has 3 rings (SSSR count). The molecule has 0 fully saturated rings. The van der Waals surface area contributed by atoms with Gasteiger partial charge < -0.3 is 20.1 Å². The topological polar surface area (TPSA) is 83.4 Å². The van der Waals surface area contributed by atoms with E-state index in [1.54, 1.807) is 6.07 Å². The van der Waals surface area contributed by atoms with Gasteiger partial charge >= 0.3 is 0 Å². The Morgan fingerprint density at radius 1 is 1.07 bits per heavy atom. The fourth-order valence-electron chi connectivity index (χ4n) is 3.24. The number of amides is 3. The minimum atomic E-state index is -0.190. The van der Waals surface area contributed by atoms with Crippen molar-refractivity contribution in [3.63, 3.8) is 0 Å². The molecule has 3 aromatic rings. The van der Waals surface area contributed by atoms with Crippen LogP contribution >= 0.6 is 11.3 Å². The lowest BCUT2D eigenvalue weighted by atomic mass is 10.2. The highest BCUT2D eigenvalue weighted by atomic mass is 32.1. The van der Waals surface area contributed by atoms with Crippen LogP contribution in [0.5, 0.6) is 0 Å². The quantitative estimate of drug-likeness (QED) is 0.579. The van der Waals surface area contributed by atoms with E-state index >= 15 is 0 Å². The van der Waals surface area contributed by atoms with Crippen LogP contribution in [0.3, 0.4) is 0 Å². The first-order valence-corrected chi connectivity index (χ1v) is 10.7. The first-order valence-electron chi connectivity index (χ1n) is 9.92. The van der Waals surface area contributed by atoms with Gasteiger partial charge in [-0.05, 0) is 50.2 Å². The van der Waals surface area contributed by atoms with E-state index in [2.05, 4.69) is 10.6 Å². The summed E-state index contributed by atoms with van der Waals surface area (Å²) in [7, 11) is 0. The minimum absolute atomic E-state index is 0.0858. The minimum Gasteiger partial charge on any atom is -0.351 e. The van der Waals surface area contributed by atoms with Crippen LogP contribution in [0.15, 0.2) is 42.6 Å². The Hall–Kier alpha value is -3.13. The fourth-order valence-corrected chi connectivity index (χ4v) is 4.08. The van der Waals surface area contributed by atoms with Crippen molar-refractivity contribution < 1.29 is 14.4 Å². The maximum Gasteiger partial charge on any atom is 0.265 e. The number of hydrogen-bond donors (Lipinski definition) is 2. The van der Waals surface area contributed by atoms with Gasteiger partial charge in [0, 0.05) is 47.7 Å².